The fourth-order valence-electron chi connectivity index (χ4n) is 2.78. The van der Waals surface area contributed by atoms with Gasteiger partial charge in [-0.1, -0.05) is 42.0 Å². The largest absolute Gasteiger partial charge is 0.384 e. The van der Waals surface area contributed by atoms with Gasteiger partial charge in [-0.05, 0) is 24.1 Å². The molecule has 2 aromatic rings. The van der Waals surface area contributed by atoms with Crippen molar-refractivity contribution in [2.45, 2.75) is 25.4 Å². The van der Waals surface area contributed by atoms with Gasteiger partial charge in [-0.3, -0.25) is 0 Å². The maximum atomic E-state index is 13.9. The smallest absolute Gasteiger partial charge is 0.129 e. The van der Waals surface area contributed by atoms with E-state index in [2.05, 4.69) is 0 Å². The molecule has 0 atom stereocenters. The molecule has 0 aliphatic heterocycles. The van der Waals surface area contributed by atoms with Gasteiger partial charge in [0.05, 0.1) is 0 Å². The van der Waals surface area contributed by atoms with Gasteiger partial charge in [-0.25, -0.2) is 4.39 Å². The summed E-state index contributed by atoms with van der Waals surface area (Å²) in [5.41, 5.74) is 2.51. The molecule has 0 radical (unpaired) electrons. The van der Waals surface area contributed by atoms with Gasteiger partial charge in [0.25, 0.3) is 0 Å². The van der Waals surface area contributed by atoms with Crippen molar-refractivity contribution in [2.75, 3.05) is 0 Å². The van der Waals surface area contributed by atoms with E-state index in [1.165, 1.54) is 6.07 Å². The first-order valence-corrected chi connectivity index (χ1v) is 6.14. The highest BCUT2D eigenvalue weighted by molar-refractivity contribution is 5.41. The molecular weight excluding hydrogens is 227 g/mol. The lowest BCUT2D eigenvalue weighted by molar-refractivity contribution is 0.0444. The van der Waals surface area contributed by atoms with Crippen molar-refractivity contribution in [1.29, 1.82) is 0 Å². The van der Waals surface area contributed by atoms with Crippen LogP contribution in [0.15, 0.2) is 42.5 Å². The van der Waals surface area contributed by atoms with Crippen LogP contribution < -0.4 is 0 Å². The van der Waals surface area contributed by atoms with E-state index in [-0.39, 0.29) is 5.82 Å². The summed E-state index contributed by atoms with van der Waals surface area (Å²) in [6.07, 6.45) is 0.979. The summed E-state index contributed by atoms with van der Waals surface area (Å²) in [6.45, 7) is 1.91. The molecule has 0 fully saturated rings. The highest BCUT2D eigenvalue weighted by atomic mass is 19.1. The van der Waals surface area contributed by atoms with Crippen molar-refractivity contribution in [1.82, 2.24) is 0 Å². The van der Waals surface area contributed by atoms with Gasteiger partial charge in [0.15, 0.2) is 0 Å². The third-order valence-corrected chi connectivity index (χ3v) is 3.71. The lowest BCUT2D eigenvalue weighted by atomic mass is 9.89. The first-order valence-electron chi connectivity index (χ1n) is 6.14. The fraction of sp³-hybridized carbons (Fsp3) is 0.250. The number of halogens is 1. The van der Waals surface area contributed by atoms with Crippen LogP contribution in [0.5, 0.6) is 0 Å². The number of benzene rings is 2. The van der Waals surface area contributed by atoms with Gasteiger partial charge >= 0.3 is 0 Å². The van der Waals surface area contributed by atoms with Crippen LogP contribution in [0.25, 0.3) is 0 Å². The minimum Gasteiger partial charge on any atom is -0.384 e. The topological polar surface area (TPSA) is 20.2 Å². The Morgan fingerprint density at radius 1 is 1.06 bits per heavy atom. The molecule has 0 amide bonds. The third-order valence-electron chi connectivity index (χ3n) is 3.71. The Balaban J connectivity index is 2.06. The Hall–Kier alpha value is -1.67. The van der Waals surface area contributed by atoms with E-state index in [9.17, 15) is 9.50 Å². The molecule has 0 unspecified atom stereocenters. The zero-order valence-electron chi connectivity index (χ0n) is 10.3. The van der Waals surface area contributed by atoms with Crippen LogP contribution in [-0.2, 0) is 18.4 Å². The maximum absolute atomic E-state index is 13.9. The number of fused-ring (bicyclic) bond motifs is 1. The zero-order chi connectivity index (χ0) is 12.8. The summed E-state index contributed by atoms with van der Waals surface area (Å²) in [4.78, 5) is 0. The average molecular weight is 242 g/mol. The Bertz CT molecular complexity index is 579. The van der Waals surface area contributed by atoms with Crippen molar-refractivity contribution < 1.29 is 9.50 Å². The van der Waals surface area contributed by atoms with Crippen LogP contribution in [-0.4, -0.2) is 5.11 Å². The van der Waals surface area contributed by atoms with Crippen LogP contribution in [0, 0.1) is 12.7 Å². The molecule has 1 N–H and O–H groups in total. The van der Waals surface area contributed by atoms with Crippen molar-refractivity contribution >= 4 is 0 Å². The highest BCUT2D eigenvalue weighted by Crippen LogP contribution is 2.38. The fourth-order valence-corrected chi connectivity index (χ4v) is 2.78. The second-order valence-corrected chi connectivity index (χ2v) is 5.14. The highest BCUT2D eigenvalue weighted by Gasteiger charge is 2.38. The molecule has 2 heteroatoms. The molecule has 1 aliphatic rings. The van der Waals surface area contributed by atoms with E-state index in [4.69, 9.17) is 0 Å². The lowest BCUT2D eigenvalue weighted by Crippen LogP contribution is -2.27. The molecule has 0 saturated heterocycles. The molecule has 1 nitrogen and oxygen atoms in total. The third kappa shape index (κ3) is 1.73. The van der Waals surface area contributed by atoms with E-state index < -0.39 is 5.60 Å². The van der Waals surface area contributed by atoms with Crippen LogP contribution >= 0.6 is 0 Å². The molecular formula is C16H15FO. The molecule has 2 aromatic carbocycles. The Morgan fingerprint density at radius 2 is 1.67 bits per heavy atom. The molecule has 0 aromatic heterocycles. The van der Waals surface area contributed by atoms with Crippen LogP contribution in [0.1, 0.15) is 22.3 Å². The van der Waals surface area contributed by atoms with Crippen molar-refractivity contribution in [2.24, 2.45) is 0 Å². The van der Waals surface area contributed by atoms with Crippen molar-refractivity contribution in [3.05, 3.63) is 70.5 Å². The Morgan fingerprint density at radius 3 is 2.28 bits per heavy atom. The minimum atomic E-state index is -1.10. The lowest BCUT2D eigenvalue weighted by Gasteiger charge is -2.23. The van der Waals surface area contributed by atoms with E-state index in [1.54, 1.807) is 12.1 Å². The molecule has 0 heterocycles. The number of rotatable bonds is 1. The maximum Gasteiger partial charge on any atom is 0.129 e. The quantitative estimate of drug-likeness (QED) is 0.814. The van der Waals surface area contributed by atoms with Gasteiger partial charge < -0.3 is 5.11 Å². The van der Waals surface area contributed by atoms with Crippen molar-refractivity contribution in [3.63, 3.8) is 0 Å². The van der Waals surface area contributed by atoms with E-state index in [0.29, 0.717) is 18.4 Å². The predicted octanol–water partition coefficient (Wildman–Crippen LogP) is 3.12. The predicted molar refractivity (Wildman–Crippen MR) is 68.9 cm³/mol. The van der Waals surface area contributed by atoms with Gasteiger partial charge in [-0.2, -0.15) is 0 Å². The summed E-state index contributed by atoms with van der Waals surface area (Å²) in [5, 5.41) is 10.7. The molecule has 0 spiro atoms. The summed E-state index contributed by atoms with van der Waals surface area (Å²) < 4.78 is 13.9. The summed E-state index contributed by atoms with van der Waals surface area (Å²) in [6, 6.07) is 12.8. The van der Waals surface area contributed by atoms with Crippen molar-refractivity contribution in [3.8, 4) is 0 Å². The monoisotopic (exact) mass is 242 g/mol. The minimum absolute atomic E-state index is 0.323. The summed E-state index contributed by atoms with van der Waals surface area (Å²) in [5.74, 6) is -0.323. The van der Waals surface area contributed by atoms with Gasteiger partial charge in [0.1, 0.15) is 11.4 Å². The van der Waals surface area contributed by atoms with E-state index in [0.717, 1.165) is 16.7 Å². The second-order valence-electron chi connectivity index (χ2n) is 5.14. The second kappa shape index (κ2) is 3.92. The molecule has 0 bridgehead atoms. The number of aryl methyl sites for hydroxylation is 1. The standard InChI is InChI=1S/C16H15FO/c1-11-6-7-15(17)14(8-11)16(18)9-12-4-2-3-5-13(12)10-16/h2-8,18H,9-10H2,1H3. The van der Waals surface area contributed by atoms with Gasteiger partial charge in [-0.15, -0.1) is 0 Å². The SMILES string of the molecule is Cc1ccc(F)c(C2(O)Cc3ccccc3C2)c1. The van der Waals surface area contributed by atoms with E-state index in [1.807, 2.05) is 31.2 Å². The Labute approximate surface area is 106 Å². The molecule has 92 valence electrons. The number of hydrogen-bond donors (Lipinski definition) is 1. The molecule has 0 saturated carbocycles. The first kappa shape index (κ1) is 11.4. The van der Waals surface area contributed by atoms with E-state index >= 15 is 0 Å². The summed E-state index contributed by atoms with van der Waals surface area (Å²) in [7, 11) is 0. The zero-order valence-corrected chi connectivity index (χ0v) is 10.3. The van der Waals surface area contributed by atoms with Crippen LogP contribution in [0.3, 0.4) is 0 Å². The average Bonchev–Trinajstić information content (AvgIpc) is 2.69. The normalized spacial score (nSPS) is 16.6. The first-order chi connectivity index (χ1) is 8.58. The number of hydrogen-bond acceptors (Lipinski definition) is 1. The molecule has 3 rings (SSSR count). The molecule has 18 heavy (non-hydrogen) atoms. The summed E-state index contributed by atoms with van der Waals surface area (Å²) >= 11 is 0. The molecule has 1 aliphatic carbocycles. The Kier molecular flexibility index (Phi) is 2.49. The number of aliphatic hydroxyl groups is 1. The van der Waals surface area contributed by atoms with Crippen LogP contribution in [0.4, 0.5) is 4.39 Å². The van der Waals surface area contributed by atoms with Gasteiger partial charge in [0, 0.05) is 18.4 Å². The van der Waals surface area contributed by atoms with Crippen LogP contribution in [0.2, 0.25) is 0 Å². The van der Waals surface area contributed by atoms with Gasteiger partial charge in [0.2, 0.25) is 0 Å².